The van der Waals surface area contributed by atoms with Crippen LogP contribution in [0.5, 0.6) is 0 Å². The summed E-state index contributed by atoms with van der Waals surface area (Å²) in [5.74, 6) is -0.0950. The van der Waals surface area contributed by atoms with Gasteiger partial charge >= 0.3 is 0 Å². The number of nitrogens with one attached hydrogen (secondary N) is 2. The summed E-state index contributed by atoms with van der Waals surface area (Å²) in [7, 11) is 1.77. The van der Waals surface area contributed by atoms with Crippen LogP contribution in [0.3, 0.4) is 0 Å². The predicted octanol–water partition coefficient (Wildman–Crippen LogP) is 1.29. The average Bonchev–Trinajstić information content (AvgIpc) is 2.79. The number of benzene rings is 1. The fourth-order valence-corrected chi connectivity index (χ4v) is 3.02. The van der Waals surface area contributed by atoms with Gasteiger partial charge in [0.2, 0.25) is 11.8 Å². The van der Waals surface area contributed by atoms with Crippen molar-refractivity contribution in [1.82, 2.24) is 14.7 Å². The molecule has 2 amide bonds. The van der Waals surface area contributed by atoms with E-state index in [4.69, 9.17) is 0 Å². The molecule has 0 aliphatic carbocycles. The van der Waals surface area contributed by atoms with Gasteiger partial charge in [-0.05, 0) is 26.0 Å². The number of anilines is 1. The van der Waals surface area contributed by atoms with Crippen LogP contribution >= 0.6 is 11.8 Å². The summed E-state index contributed by atoms with van der Waals surface area (Å²) >= 11 is 1.21. The van der Waals surface area contributed by atoms with Crippen molar-refractivity contribution in [3.8, 4) is 5.69 Å². The van der Waals surface area contributed by atoms with Crippen LogP contribution in [0, 0.1) is 6.92 Å². The van der Waals surface area contributed by atoms with Crippen molar-refractivity contribution in [2.24, 2.45) is 7.05 Å². The van der Waals surface area contributed by atoms with Crippen LogP contribution in [0.25, 0.3) is 5.69 Å². The second kappa shape index (κ2) is 8.57. The van der Waals surface area contributed by atoms with E-state index in [0.29, 0.717) is 12.2 Å². The lowest BCUT2D eigenvalue weighted by atomic mass is 10.3. The molecule has 0 aliphatic heterocycles. The maximum atomic E-state index is 12.7. The van der Waals surface area contributed by atoms with Crippen LogP contribution in [0.1, 0.15) is 12.6 Å². The van der Waals surface area contributed by atoms with E-state index in [0.717, 1.165) is 5.69 Å². The number of hydrogen-bond acceptors (Lipinski definition) is 4. The summed E-state index contributed by atoms with van der Waals surface area (Å²) in [6, 6.07) is 9.23. The zero-order valence-electron chi connectivity index (χ0n) is 14.5. The number of carbonyl (C=O) groups is 2. The van der Waals surface area contributed by atoms with Gasteiger partial charge in [0.1, 0.15) is 5.69 Å². The smallest absolute Gasteiger partial charge is 0.295 e. The van der Waals surface area contributed by atoms with Gasteiger partial charge in [-0.1, -0.05) is 18.2 Å². The summed E-state index contributed by atoms with van der Waals surface area (Å²) in [6.45, 7) is 4.18. The molecule has 0 unspecified atom stereocenters. The lowest BCUT2D eigenvalue weighted by Gasteiger charge is -2.07. The van der Waals surface area contributed by atoms with Crippen molar-refractivity contribution in [1.29, 1.82) is 0 Å². The molecule has 1 aromatic heterocycles. The van der Waals surface area contributed by atoms with Gasteiger partial charge in [0.05, 0.1) is 22.9 Å². The van der Waals surface area contributed by atoms with Crippen LogP contribution < -0.4 is 16.2 Å². The molecule has 1 heterocycles. The maximum Gasteiger partial charge on any atom is 0.295 e. The Morgan fingerprint density at radius 2 is 1.76 bits per heavy atom. The zero-order chi connectivity index (χ0) is 18.4. The van der Waals surface area contributed by atoms with Gasteiger partial charge in [-0.25, -0.2) is 4.68 Å². The molecule has 7 nitrogen and oxygen atoms in total. The number of hydrogen-bond donors (Lipinski definition) is 2. The first kappa shape index (κ1) is 18.9. The van der Waals surface area contributed by atoms with E-state index in [2.05, 4.69) is 10.6 Å². The first-order valence-corrected chi connectivity index (χ1v) is 9.09. The number of nitrogens with zero attached hydrogens (tertiary/aromatic N) is 2. The Labute approximate surface area is 150 Å². The van der Waals surface area contributed by atoms with E-state index in [9.17, 15) is 14.4 Å². The van der Waals surface area contributed by atoms with Crippen LogP contribution in [-0.4, -0.2) is 39.2 Å². The SMILES string of the molecule is CCNC(=O)CSCC(=O)Nc1c(C)n(C)n(-c2ccccc2)c1=O. The normalized spacial score (nSPS) is 10.5. The van der Waals surface area contributed by atoms with Crippen LogP contribution in [0.15, 0.2) is 35.1 Å². The van der Waals surface area contributed by atoms with Crippen LogP contribution in [0.4, 0.5) is 5.69 Å². The lowest BCUT2D eigenvalue weighted by Crippen LogP contribution is -2.26. The number of aromatic nitrogens is 2. The molecule has 0 saturated heterocycles. The Balaban J connectivity index is 2.09. The molecule has 0 bridgehead atoms. The molecule has 134 valence electrons. The van der Waals surface area contributed by atoms with Crippen molar-refractivity contribution in [3.05, 3.63) is 46.4 Å². The van der Waals surface area contributed by atoms with E-state index in [-0.39, 0.29) is 34.6 Å². The van der Waals surface area contributed by atoms with Gasteiger partial charge in [-0.3, -0.25) is 19.1 Å². The molecule has 25 heavy (non-hydrogen) atoms. The standard InChI is InChI=1S/C17H22N4O3S/c1-4-18-14(22)10-25-11-15(23)19-16-12(2)20(3)21(17(16)24)13-8-6-5-7-9-13/h5-9H,4,10-11H2,1-3H3,(H,18,22)(H,19,23). The van der Waals surface area contributed by atoms with Gasteiger partial charge in [0.25, 0.3) is 5.56 Å². The van der Waals surface area contributed by atoms with E-state index in [1.165, 1.54) is 16.4 Å². The minimum absolute atomic E-state index is 0.107. The van der Waals surface area contributed by atoms with Gasteiger partial charge < -0.3 is 10.6 Å². The van der Waals surface area contributed by atoms with Crippen molar-refractivity contribution < 1.29 is 9.59 Å². The van der Waals surface area contributed by atoms with E-state index in [1.54, 1.807) is 18.7 Å². The van der Waals surface area contributed by atoms with Crippen molar-refractivity contribution in [2.45, 2.75) is 13.8 Å². The Bertz CT molecular complexity index is 811. The summed E-state index contributed by atoms with van der Waals surface area (Å²) in [6.07, 6.45) is 0. The topological polar surface area (TPSA) is 85.1 Å². The lowest BCUT2D eigenvalue weighted by molar-refractivity contribution is -0.118. The summed E-state index contributed by atoms with van der Waals surface area (Å²) in [4.78, 5) is 36.1. The monoisotopic (exact) mass is 362 g/mol. The Hall–Kier alpha value is -2.48. The van der Waals surface area contributed by atoms with Crippen molar-refractivity contribution in [3.63, 3.8) is 0 Å². The number of carbonyl (C=O) groups excluding carboxylic acids is 2. The van der Waals surface area contributed by atoms with Crippen molar-refractivity contribution >= 4 is 29.3 Å². The van der Waals surface area contributed by atoms with Gasteiger partial charge in [-0.15, -0.1) is 11.8 Å². The highest BCUT2D eigenvalue weighted by atomic mass is 32.2. The number of rotatable bonds is 7. The molecular weight excluding hydrogens is 340 g/mol. The summed E-state index contributed by atoms with van der Waals surface area (Å²) in [5, 5.41) is 5.34. The quantitative estimate of drug-likeness (QED) is 0.777. The third-order valence-corrected chi connectivity index (χ3v) is 4.59. The Kier molecular flexibility index (Phi) is 6.46. The van der Waals surface area contributed by atoms with Crippen LogP contribution in [-0.2, 0) is 16.6 Å². The molecule has 2 N–H and O–H groups in total. The third kappa shape index (κ3) is 4.54. The maximum absolute atomic E-state index is 12.7. The molecule has 2 aromatic rings. The largest absolute Gasteiger partial charge is 0.356 e. The van der Waals surface area contributed by atoms with E-state index < -0.39 is 0 Å². The van der Waals surface area contributed by atoms with Gasteiger partial charge in [0, 0.05) is 13.6 Å². The second-order valence-electron chi connectivity index (χ2n) is 5.43. The molecule has 0 atom stereocenters. The molecule has 0 spiro atoms. The molecule has 0 aliphatic rings. The number of thioether (sulfide) groups is 1. The molecule has 0 radical (unpaired) electrons. The summed E-state index contributed by atoms with van der Waals surface area (Å²) in [5.41, 5.74) is 1.36. The van der Waals surface area contributed by atoms with Crippen LogP contribution in [0.2, 0.25) is 0 Å². The van der Waals surface area contributed by atoms with Gasteiger partial charge in [0.15, 0.2) is 0 Å². The third-order valence-electron chi connectivity index (χ3n) is 3.66. The van der Waals surface area contributed by atoms with Gasteiger partial charge in [-0.2, -0.15) is 0 Å². The Morgan fingerprint density at radius 1 is 1.12 bits per heavy atom. The molecule has 8 heteroatoms. The zero-order valence-corrected chi connectivity index (χ0v) is 15.4. The molecule has 0 saturated carbocycles. The fraction of sp³-hybridized carbons (Fsp3) is 0.353. The summed E-state index contributed by atoms with van der Waals surface area (Å²) < 4.78 is 3.21. The highest BCUT2D eigenvalue weighted by Gasteiger charge is 2.18. The minimum Gasteiger partial charge on any atom is -0.356 e. The fourth-order valence-electron chi connectivity index (χ4n) is 2.37. The first-order chi connectivity index (χ1) is 12.0. The minimum atomic E-state index is -0.305. The number of para-hydroxylation sites is 1. The Morgan fingerprint density at radius 3 is 2.40 bits per heavy atom. The van der Waals surface area contributed by atoms with Crippen molar-refractivity contribution in [2.75, 3.05) is 23.4 Å². The molecule has 0 fully saturated rings. The van der Waals surface area contributed by atoms with E-state index in [1.807, 2.05) is 37.3 Å². The highest BCUT2D eigenvalue weighted by Crippen LogP contribution is 2.14. The average molecular weight is 362 g/mol. The number of amides is 2. The second-order valence-corrected chi connectivity index (χ2v) is 6.42. The molecule has 2 rings (SSSR count). The first-order valence-electron chi connectivity index (χ1n) is 7.94. The predicted molar refractivity (Wildman–Crippen MR) is 100 cm³/mol. The van der Waals surface area contributed by atoms with E-state index >= 15 is 0 Å². The highest BCUT2D eigenvalue weighted by molar-refractivity contribution is 8.00. The molecule has 1 aromatic carbocycles. The molecular formula is C17H22N4O3S.